The molecule has 12 aromatic rings. The zero-order valence-electron chi connectivity index (χ0n) is 33.2. The molecule has 0 spiro atoms. The summed E-state index contributed by atoms with van der Waals surface area (Å²) in [7, 11) is 0. The topological polar surface area (TPSA) is 82.5 Å². The number of hydrogen-bond acceptors (Lipinski definition) is 6. The van der Waals surface area contributed by atoms with Crippen molar-refractivity contribution < 1.29 is 4.42 Å². The molecule has 4 aromatic heterocycles. The molecule has 8 aromatic carbocycles. The van der Waals surface area contributed by atoms with Gasteiger partial charge in [0.25, 0.3) is 0 Å². The van der Waals surface area contributed by atoms with Crippen molar-refractivity contribution in [2.45, 2.75) is 0 Å². The zero-order valence-corrected chi connectivity index (χ0v) is 33.2. The molecule has 0 bridgehead atoms. The first kappa shape index (κ1) is 35.4. The summed E-state index contributed by atoms with van der Waals surface area (Å²) in [4.78, 5) is 25.4. The lowest BCUT2D eigenvalue weighted by Crippen LogP contribution is -2.02. The molecule has 0 atom stereocenters. The highest BCUT2D eigenvalue weighted by molar-refractivity contribution is 6.26. The van der Waals surface area contributed by atoms with Gasteiger partial charge in [-0.1, -0.05) is 182 Å². The molecule has 62 heavy (non-hydrogen) atoms. The minimum atomic E-state index is 0.606. The number of rotatable bonds is 7. The van der Waals surface area contributed by atoms with Crippen LogP contribution in [0.3, 0.4) is 0 Å². The van der Waals surface area contributed by atoms with Crippen molar-refractivity contribution in [3.8, 4) is 73.8 Å². The summed E-state index contributed by atoms with van der Waals surface area (Å²) >= 11 is 0. The number of para-hydroxylation sites is 2. The van der Waals surface area contributed by atoms with E-state index in [9.17, 15) is 0 Å². The van der Waals surface area contributed by atoms with Crippen LogP contribution in [0.4, 0.5) is 0 Å². The molecule has 290 valence electrons. The highest BCUT2D eigenvalue weighted by Gasteiger charge is 2.24. The van der Waals surface area contributed by atoms with Crippen LogP contribution in [0.1, 0.15) is 0 Å². The first-order valence-electron chi connectivity index (χ1n) is 20.6. The molecule has 7 heteroatoms. The molecule has 0 unspecified atom stereocenters. The van der Waals surface area contributed by atoms with Gasteiger partial charge in [-0.25, -0.2) is 24.9 Å². The van der Waals surface area contributed by atoms with E-state index in [1.165, 1.54) is 0 Å². The highest BCUT2D eigenvalue weighted by atomic mass is 16.3. The maximum absolute atomic E-state index is 6.86. The van der Waals surface area contributed by atoms with E-state index >= 15 is 0 Å². The zero-order chi connectivity index (χ0) is 41.0. The molecule has 0 radical (unpaired) electrons. The van der Waals surface area contributed by atoms with E-state index in [4.69, 9.17) is 29.3 Å². The number of aromatic nitrogens is 6. The Morgan fingerprint density at radius 3 is 1.42 bits per heavy atom. The lowest BCUT2D eigenvalue weighted by molar-refractivity contribution is 0.671. The van der Waals surface area contributed by atoms with Crippen LogP contribution in [0.15, 0.2) is 211 Å². The Balaban J connectivity index is 1.10. The van der Waals surface area contributed by atoms with Crippen LogP contribution in [0, 0.1) is 0 Å². The summed E-state index contributed by atoms with van der Waals surface area (Å²) in [5.74, 6) is 3.25. The summed E-state index contributed by atoms with van der Waals surface area (Å²) in [6, 6.07) is 70.3. The number of nitrogens with zero attached hydrogens (tertiary/aromatic N) is 6. The van der Waals surface area contributed by atoms with Gasteiger partial charge < -0.3 is 4.42 Å². The van der Waals surface area contributed by atoms with Gasteiger partial charge >= 0.3 is 0 Å². The van der Waals surface area contributed by atoms with Crippen molar-refractivity contribution in [2.24, 2.45) is 0 Å². The van der Waals surface area contributed by atoms with Crippen LogP contribution in [0.2, 0.25) is 0 Å². The summed E-state index contributed by atoms with van der Waals surface area (Å²) in [5, 5.41) is 4.22. The lowest BCUT2D eigenvalue weighted by atomic mass is 9.96. The third-order valence-corrected chi connectivity index (χ3v) is 11.5. The molecular formula is C55H34N6O. The van der Waals surface area contributed by atoms with E-state index in [0.29, 0.717) is 23.3 Å². The second-order valence-electron chi connectivity index (χ2n) is 15.3. The molecule has 0 aliphatic heterocycles. The Morgan fingerprint density at radius 1 is 0.355 bits per heavy atom. The molecule has 0 fully saturated rings. The lowest BCUT2D eigenvalue weighted by Gasteiger charge is -2.13. The van der Waals surface area contributed by atoms with Crippen LogP contribution in [-0.2, 0) is 0 Å². The van der Waals surface area contributed by atoms with Crippen molar-refractivity contribution in [2.75, 3.05) is 0 Å². The molecular weight excluding hydrogens is 761 g/mol. The molecule has 0 aliphatic carbocycles. The number of fused-ring (bicyclic) bond motifs is 7. The van der Waals surface area contributed by atoms with E-state index in [2.05, 4.69) is 102 Å². The highest BCUT2D eigenvalue weighted by Crippen LogP contribution is 2.45. The van der Waals surface area contributed by atoms with Crippen LogP contribution >= 0.6 is 0 Å². The predicted octanol–water partition coefficient (Wildman–Crippen LogP) is 13.7. The first-order chi connectivity index (χ1) is 30.7. The molecule has 4 heterocycles. The SMILES string of the molecule is c1ccc(-c2cc(-n3c4ccccc4c4c(-c5ccc(-c6nc(-c7ccccc7)nc(-c7ccccc7)n6)cc5)cc5c6ccccc6oc5c43)nc(-c3ccccc3)n2)cc1. The summed E-state index contributed by atoms with van der Waals surface area (Å²) in [5.41, 5.74) is 11.2. The molecule has 0 saturated carbocycles. The molecule has 7 nitrogen and oxygen atoms in total. The fourth-order valence-corrected chi connectivity index (χ4v) is 8.55. The number of hydrogen-bond donors (Lipinski definition) is 0. The largest absolute Gasteiger partial charge is 0.454 e. The normalized spacial score (nSPS) is 11.5. The van der Waals surface area contributed by atoms with Crippen LogP contribution in [0.5, 0.6) is 0 Å². The number of furan rings is 1. The van der Waals surface area contributed by atoms with Crippen molar-refractivity contribution in [3.63, 3.8) is 0 Å². The second kappa shape index (κ2) is 14.6. The van der Waals surface area contributed by atoms with Crippen molar-refractivity contribution in [1.29, 1.82) is 0 Å². The summed E-state index contributed by atoms with van der Waals surface area (Å²) in [6.45, 7) is 0. The van der Waals surface area contributed by atoms with E-state index in [1.54, 1.807) is 0 Å². The third-order valence-electron chi connectivity index (χ3n) is 11.5. The fraction of sp³-hybridized carbons (Fsp3) is 0. The Hall–Kier alpha value is -8.55. The van der Waals surface area contributed by atoms with Crippen molar-refractivity contribution in [3.05, 3.63) is 206 Å². The monoisotopic (exact) mass is 794 g/mol. The Morgan fingerprint density at radius 2 is 0.823 bits per heavy atom. The minimum absolute atomic E-state index is 0.606. The number of benzene rings is 8. The van der Waals surface area contributed by atoms with Gasteiger partial charge in [0.05, 0.1) is 16.7 Å². The van der Waals surface area contributed by atoms with Crippen LogP contribution in [-0.4, -0.2) is 29.5 Å². The quantitative estimate of drug-likeness (QED) is 0.160. The van der Waals surface area contributed by atoms with Crippen LogP contribution in [0.25, 0.3) is 117 Å². The fourth-order valence-electron chi connectivity index (χ4n) is 8.55. The molecule has 12 rings (SSSR count). The van der Waals surface area contributed by atoms with Crippen molar-refractivity contribution >= 4 is 43.7 Å². The van der Waals surface area contributed by atoms with Gasteiger partial charge in [-0.3, -0.25) is 4.57 Å². The predicted molar refractivity (Wildman–Crippen MR) is 250 cm³/mol. The smallest absolute Gasteiger partial charge is 0.164 e. The second-order valence-corrected chi connectivity index (χ2v) is 15.3. The average molecular weight is 795 g/mol. The molecule has 0 N–H and O–H groups in total. The van der Waals surface area contributed by atoms with Gasteiger partial charge in [-0.05, 0) is 29.3 Å². The standard InChI is InChI=1S/C55H34N6O/c1-5-17-36(18-6-1)45-34-48(57-52(56-45)37-19-7-2-8-20-37)61-46-27-15-13-26-42(46)49-43(33-44-41-25-14-16-28-47(41)62-51(44)50(49)61)35-29-31-40(32-30-35)55-59-53(38-21-9-3-10-22-38)58-54(60-55)39-23-11-4-12-24-39/h1-34H. The van der Waals surface area contributed by atoms with Crippen LogP contribution < -0.4 is 0 Å². The molecule has 0 saturated heterocycles. The minimum Gasteiger partial charge on any atom is -0.454 e. The molecule has 0 aliphatic rings. The van der Waals surface area contributed by atoms with Gasteiger partial charge in [-0.15, -0.1) is 0 Å². The van der Waals surface area contributed by atoms with Gasteiger partial charge in [0, 0.05) is 55.4 Å². The summed E-state index contributed by atoms with van der Waals surface area (Å²) in [6.07, 6.45) is 0. The van der Waals surface area contributed by atoms with Gasteiger partial charge in [0.1, 0.15) is 11.4 Å². The Kier molecular flexibility index (Phi) is 8.35. The Labute approximate surface area is 356 Å². The molecule has 0 amide bonds. The maximum atomic E-state index is 6.86. The maximum Gasteiger partial charge on any atom is 0.164 e. The van der Waals surface area contributed by atoms with E-state index < -0.39 is 0 Å². The third kappa shape index (κ3) is 6.02. The van der Waals surface area contributed by atoms with Gasteiger partial charge in [0.15, 0.2) is 28.9 Å². The van der Waals surface area contributed by atoms with E-state index in [0.717, 1.165) is 94.2 Å². The van der Waals surface area contributed by atoms with Crippen molar-refractivity contribution in [1.82, 2.24) is 29.5 Å². The van der Waals surface area contributed by atoms with E-state index in [-0.39, 0.29) is 0 Å². The first-order valence-corrected chi connectivity index (χ1v) is 20.6. The van der Waals surface area contributed by atoms with Gasteiger partial charge in [-0.2, -0.15) is 0 Å². The average Bonchev–Trinajstić information content (AvgIpc) is 3.91. The van der Waals surface area contributed by atoms with Gasteiger partial charge in [0.2, 0.25) is 0 Å². The Bertz CT molecular complexity index is 3490. The van der Waals surface area contributed by atoms with E-state index in [1.807, 2.05) is 109 Å². The summed E-state index contributed by atoms with van der Waals surface area (Å²) < 4.78 is 9.12.